The van der Waals surface area contributed by atoms with Crippen molar-refractivity contribution in [2.75, 3.05) is 0 Å². The lowest BCUT2D eigenvalue weighted by molar-refractivity contribution is 0.346. The van der Waals surface area contributed by atoms with Crippen LogP contribution in [0, 0.1) is 5.82 Å². The zero-order chi connectivity index (χ0) is 12.7. The van der Waals surface area contributed by atoms with E-state index in [1.165, 1.54) is 12.1 Å². The van der Waals surface area contributed by atoms with Gasteiger partial charge in [0, 0.05) is 18.0 Å². The molecule has 0 radical (unpaired) electrons. The van der Waals surface area contributed by atoms with Gasteiger partial charge in [0.25, 0.3) is 0 Å². The summed E-state index contributed by atoms with van der Waals surface area (Å²) >= 11 is 5.94. The maximum atomic E-state index is 13.2. The molecule has 0 aliphatic heterocycles. The Morgan fingerprint density at radius 3 is 2.72 bits per heavy atom. The average molecular weight is 269 g/mol. The van der Waals surface area contributed by atoms with Crippen molar-refractivity contribution >= 4 is 22.7 Å². The van der Waals surface area contributed by atoms with Crippen molar-refractivity contribution in [1.82, 2.24) is 4.98 Å². The van der Waals surface area contributed by atoms with Crippen LogP contribution in [0.15, 0.2) is 16.5 Å². The number of halogens is 2. The lowest BCUT2D eigenvalue weighted by Gasteiger charge is -2.23. The number of nitrogens with two attached hydrogens (primary N) is 1. The first-order valence-corrected chi connectivity index (χ1v) is 6.52. The van der Waals surface area contributed by atoms with Crippen LogP contribution < -0.4 is 5.73 Å². The van der Waals surface area contributed by atoms with Crippen LogP contribution in [0.4, 0.5) is 4.39 Å². The van der Waals surface area contributed by atoms with Crippen molar-refractivity contribution in [2.24, 2.45) is 5.73 Å². The van der Waals surface area contributed by atoms with E-state index in [2.05, 4.69) is 4.98 Å². The Bertz CT molecular complexity index is 576. The van der Waals surface area contributed by atoms with Gasteiger partial charge >= 0.3 is 0 Å². The molecule has 1 saturated carbocycles. The maximum absolute atomic E-state index is 13.2. The molecule has 3 rings (SSSR count). The third-order valence-corrected chi connectivity index (χ3v) is 3.83. The molecule has 1 aromatic carbocycles. The van der Waals surface area contributed by atoms with Gasteiger partial charge < -0.3 is 10.2 Å². The van der Waals surface area contributed by atoms with Crippen LogP contribution in [0.5, 0.6) is 0 Å². The van der Waals surface area contributed by atoms with Gasteiger partial charge in [0.1, 0.15) is 11.3 Å². The normalized spacial score (nSPS) is 24.6. The van der Waals surface area contributed by atoms with Crippen LogP contribution >= 0.6 is 11.6 Å². The van der Waals surface area contributed by atoms with Gasteiger partial charge in [0.2, 0.25) is 0 Å². The van der Waals surface area contributed by atoms with E-state index < -0.39 is 5.82 Å². The first-order valence-electron chi connectivity index (χ1n) is 6.14. The molecule has 18 heavy (non-hydrogen) atoms. The molecular formula is C13H14ClFN2O. The van der Waals surface area contributed by atoms with Crippen LogP contribution in [-0.4, -0.2) is 11.0 Å². The molecule has 1 aromatic heterocycles. The second-order valence-electron chi connectivity index (χ2n) is 4.90. The summed E-state index contributed by atoms with van der Waals surface area (Å²) in [6.07, 6.45) is 3.89. The summed E-state index contributed by atoms with van der Waals surface area (Å²) in [7, 11) is 0. The molecule has 5 heteroatoms. The van der Waals surface area contributed by atoms with Crippen LogP contribution in [0.3, 0.4) is 0 Å². The minimum Gasteiger partial charge on any atom is -0.439 e. The van der Waals surface area contributed by atoms with E-state index in [-0.39, 0.29) is 17.0 Å². The summed E-state index contributed by atoms with van der Waals surface area (Å²) < 4.78 is 18.9. The smallest absolute Gasteiger partial charge is 0.198 e. The van der Waals surface area contributed by atoms with Crippen molar-refractivity contribution in [3.63, 3.8) is 0 Å². The van der Waals surface area contributed by atoms with Gasteiger partial charge in [-0.05, 0) is 31.7 Å². The lowest BCUT2D eigenvalue weighted by atomic mass is 9.86. The summed E-state index contributed by atoms with van der Waals surface area (Å²) in [4.78, 5) is 4.35. The lowest BCUT2D eigenvalue weighted by Crippen LogP contribution is -2.25. The minimum atomic E-state index is -0.391. The Morgan fingerprint density at radius 2 is 2.00 bits per heavy atom. The van der Waals surface area contributed by atoms with E-state index in [0.29, 0.717) is 17.0 Å². The second kappa shape index (κ2) is 4.52. The third-order valence-electron chi connectivity index (χ3n) is 3.55. The molecular weight excluding hydrogens is 255 g/mol. The van der Waals surface area contributed by atoms with Crippen molar-refractivity contribution in [3.8, 4) is 0 Å². The number of aromatic nitrogens is 1. The molecule has 0 saturated heterocycles. The SMILES string of the molecule is NC1CCC(c2nc3cc(F)cc(Cl)c3o2)CC1. The predicted molar refractivity (Wildman–Crippen MR) is 68.2 cm³/mol. The van der Waals surface area contributed by atoms with Crippen LogP contribution in [0.1, 0.15) is 37.5 Å². The van der Waals surface area contributed by atoms with Gasteiger partial charge in [0.05, 0.1) is 5.02 Å². The fourth-order valence-corrected chi connectivity index (χ4v) is 2.76. The number of oxazole rings is 1. The topological polar surface area (TPSA) is 52.0 Å². The number of hydrogen-bond donors (Lipinski definition) is 1. The van der Waals surface area contributed by atoms with Gasteiger partial charge in [-0.15, -0.1) is 0 Å². The Hall–Kier alpha value is -1.13. The number of fused-ring (bicyclic) bond motifs is 1. The van der Waals surface area contributed by atoms with Crippen LogP contribution in [0.2, 0.25) is 5.02 Å². The molecule has 3 nitrogen and oxygen atoms in total. The standard InChI is InChI=1S/C13H14ClFN2O/c14-10-5-8(15)6-11-12(10)18-13(17-11)7-1-3-9(16)4-2-7/h5-7,9H,1-4,16H2. The zero-order valence-corrected chi connectivity index (χ0v) is 10.6. The predicted octanol–water partition coefficient (Wildman–Crippen LogP) is 3.61. The summed E-state index contributed by atoms with van der Waals surface area (Å²) in [5.41, 5.74) is 6.84. The molecule has 96 valence electrons. The van der Waals surface area contributed by atoms with Gasteiger partial charge in [0.15, 0.2) is 11.5 Å². The van der Waals surface area contributed by atoms with E-state index >= 15 is 0 Å². The zero-order valence-electron chi connectivity index (χ0n) is 9.83. The summed E-state index contributed by atoms with van der Waals surface area (Å²) in [5, 5.41) is 0.274. The minimum absolute atomic E-state index is 0.274. The Kier molecular flexibility index (Phi) is 2.99. The van der Waals surface area contributed by atoms with Gasteiger partial charge in [-0.2, -0.15) is 0 Å². The summed E-state index contributed by atoms with van der Waals surface area (Å²) in [6, 6.07) is 2.88. The molecule has 1 fully saturated rings. The van der Waals surface area contributed by atoms with Crippen molar-refractivity contribution < 1.29 is 8.81 Å². The Labute approximate surface area is 109 Å². The quantitative estimate of drug-likeness (QED) is 0.860. The number of nitrogens with zero attached hydrogens (tertiary/aromatic N) is 1. The van der Waals surface area contributed by atoms with E-state index in [9.17, 15) is 4.39 Å². The molecule has 2 N–H and O–H groups in total. The van der Waals surface area contributed by atoms with Gasteiger partial charge in [-0.25, -0.2) is 9.37 Å². The Morgan fingerprint density at radius 1 is 1.28 bits per heavy atom. The summed E-state index contributed by atoms with van der Waals surface area (Å²) in [6.45, 7) is 0. The van der Waals surface area contributed by atoms with Crippen molar-refractivity contribution in [2.45, 2.75) is 37.6 Å². The highest BCUT2D eigenvalue weighted by Crippen LogP contribution is 2.35. The van der Waals surface area contributed by atoms with Gasteiger partial charge in [-0.1, -0.05) is 11.6 Å². The van der Waals surface area contributed by atoms with Crippen molar-refractivity contribution in [1.29, 1.82) is 0 Å². The molecule has 0 bridgehead atoms. The number of benzene rings is 1. The van der Waals surface area contributed by atoms with E-state index in [4.69, 9.17) is 21.8 Å². The third kappa shape index (κ3) is 2.10. The van der Waals surface area contributed by atoms with E-state index in [0.717, 1.165) is 25.7 Å². The highest BCUT2D eigenvalue weighted by Gasteiger charge is 2.24. The van der Waals surface area contributed by atoms with Crippen molar-refractivity contribution in [3.05, 3.63) is 28.9 Å². The fourth-order valence-electron chi connectivity index (χ4n) is 2.52. The first kappa shape index (κ1) is 11.9. The fraction of sp³-hybridized carbons (Fsp3) is 0.462. The molecule has 1 aliphatic rings. The van der Waals surface area contributed by atoms with Crippen LogP contribution in [-0.2, 0) is 0 Å². The Balaban J connectivity index is 1.96. The highest BCUT2D eigenvalue weighted by atomic mass is 35.5. The number of hydrogen-bond acceptors (Lipinski definition) is 3. The van der Waals surface area contributed by atoms with Gasteiger partial charge in [-0.3, -0.25) is 0 Å². The molecule has 1 heterocycles. The molecule has 1 aliphatic carbocycles. The molecule has 0 spiro atoms. The maximum Gasteiger partial charge on any atom is 0.198 e. The molecule has 0 unspecified atom stereocenters. The van der Waals surface area contributed by atoms with Crippen LogP contribution in [0.25, 0.3) is 11.1 Å². The van der Waals surface area contributed by atoms with E-state index in [1.54, 1.807) is 0 Å². The highest BCUT2D eigenvalue weighted by molar-refractivity contribution is 6.34. The molecule has 0 atom stereocenters. The molecule has 2 aromatic rings. The number of rotatable bonds is 1. The average Bonchev–Trinajstić information content (AvgIpc) is 2.74. The van der Waals surface area contributed by atoms with E-state index in [1.807, 2.05) is 0 Å². The monoisotopic (exact) mass is 268 g/mol. The first-order chi connectivity index (χ1) is 8.63. The molecule has 0 amide bonds. The summed E-state index contributed by atoms with van der Waals surface area (Å²) in [5.74, 6) is 0.541. The second-order valence-corrected chi connectivity index (χ2v) is 5.31. The largest absolute Gasteiger partial charge is 0.439 e.